The molecule has 3 rings (SSSR count). The van der Waals surface area contributed by atoms with Crippen LogP contribution in [0.5, 0.6) is 0 Å². The van der Waals surface area contributed by atoms with Crippen molar-refractivity contribution in [2.24, 2.45) is 0 Å². The molecule has 3 aromatic rings. The summed E-state index contributed by atoms with van der Waals surface area (Å²) in [5.41, 5.74) is 0.844. The van der Waals surface area contributed by atoms with E-state index in [0.717, 1.165) is 14.6 Å². The zero-order chi connectivity index (χ0) is 16.4. The predicted molar refractivity (Wildman–Crippen MR) is 97.8 cm³/mol. The van der Waals surface area contributed by atoms with Gasteiger partial charge in [0.25, 0.3) is 0 Å². The van der Waals surface area contributed by atoms with Gasteiger partial charge in [0, 0.05) is 11.2 Å². The summed E-state index contributed by atoms with van der Waals surface area (Å²) in [6, 6.07) is 8.93. The molecular weight excluding hydrogens is 373 g/mol. The van der Waals surface area contributed by atoms with Gasteiger partial charge in [-0.25, -0.2) is 9.97 Å². The van der Waals surface area contributed by atoms with Crippen molar-refractivity contribution in [3.63, 3.8) is 0 Å². The van der Waals surface area contributed by atoms with Crippen molar-refractivity contribution in [3.8, 4) is 0 Å². The summed E-state index contributed by atoms with van der Waals surface area (Å²) >= 11 is 14.7. The zero-order valence-electron chi connectivity index (χ0n) is 11.9. The number of thiazole rings is 1. The molecule has 4 nitrogen and oxygen atoms in total. The Balaban J connectivity index is 1.68. The third-order valence-electron chi connectivity index (χ3n) is 2.96. The lowest BCUT2D eigenvalue weighted by molar-refractivity contribution is -0.115. The molecule has 8 heteroatoms. The first kappa shape index (κ1) is 16.5. The number of pyridine rings is 1. The lowest BCUT2D eigenvalue weighted by atomic mass is 10.3. The molecule has 1 N–H and O–H groups in total. The Morgan fingerprint density at radius 1 is 1.26 bits per heavy atom. The van der Waals surface area contributed by atoms with Gasteiger partial charge in [-0.1, -0.05) is 35.0 Å². The fourth-order valence-corrected chi connectivity index (χ4v) is 4.28. The topological polar surface area (TPSA) is 54.9 Å². The molecule has 0 unspecified atom stereocenters. The SMILES string of the molecule is C[C@@H](Sc1nc2cc(Cl)ccc2s1)C(=O)Nc1ccc(Cl)cn1. The lowest BCUT2D eigenvalue weighted by Crippen LogP contribution is -2.22. The van der Waals surface area contributed by atoms with Crippen LogP contribution in [0.15, 0.2) is 40.9 Å². The summed E-state index contributed by atoms with van der Waals surface area (Å²) in [5, 5.41) is 3.63. The van der Waals surface area contributed by atoms with E-state index in [0.29, 0.717) is 15.9 Å². The number of nitrogens with zero attached hydrogens (tertiary/aromatic N) is 2. The molecule has 0 fully saturated rings. The molecule has 0 spiro atoms. The zero-order valence-corrected chi connectivity index (χ0v) is 15.1. The Hall–Kier alpha value is -1.34. The minimum absolute atomic E-state index is 0.137. The highest BCUT2D eigenvalue weighted by atomic mass is 35.5. The van der Waals surface area contributed by atoms with Gasteiger partial charge in [-0.15, -0.1) is 11.3 Å². The van der Waals surface area contributed by atoms with Crippen molar-refractivity contribution in [2.45, 2.75) is 16.5 Å². The van der Waals surface area contributed by atoms with Gasteiger partial charge < -0.3 is 5.32 Å². The number of halogens is 2. The molecular formula is C15H11Cl2N3OS2. The number of hydrogen-bond donors (Lipinski definition) is 1. The van der Waals surface area contributed by atoms with Crippen molar-refractivity contribution in [1.82, 2.24) is 9.97 Å². The number of carbonyl (C=O) groups excluding carboxylic acids is 1. The summed E-state index contributed by atoms with van der Waals surface area (Å²) in [4.78, 5) is 20.8. The van der Waals surface area contributed by atoms with Crippen LogP contribution in [0, 0.1) is 0 Å². The number of hydrogen-bond acceptors (Lipinski definition) is 5. The molecule has 1 amide bonds. The first-order valence-corrected chi connectivity index (χ1v) is 9.11. The van der Waals surface area contributed by atoms with Crippen LogP contribution < -0.4 is 5.32 Å². The number of nitrogens with one attached hydrogen (secondary N) is 1. The standard InChI is InChI=1S/C15H11Cl2N3OS2/c1-8(14(21)20-13-5-3-10(17)7-18-13)22-15-19-11-6-9(16)2-4-12(11)23-15/h2-8H,1H3,(H,18,20,21)/t8-/m1/s1. The molecule has 0 aliphatic carbocycles. The molecule has 2 aromatic heterocycles. The lowest BCUT2D eigenvalue weighted by Gasteiger charge is -2.09. The first-order valence-electron chi connectivity index (χ1n) is 6.66. The molecule has 0 aliphatic rings. The summed E-state index contributed by atoms with van der Waals surface area (Å²) in [6.07, 6.45) is 1.49. The highest BCUT2D eigenvalue weighted by Gasteiger charge is 2.17. The van der Waals surface area contributed by atoms with Crippen LogP contribution in [0.25, 0.3) is 10.2 Å². The fraction of sp³-hybridized carbons (Fsp3) is 0.133. The number of fused-ring (bicyclic) bond motifs is 1. The molecule has 0 aliphatic heterocycles. The second-order valence-electron chi connectivity index (χ2n) is 4.70. The number of anilines is 1. The Kier molecular flexibility index (Phi) is 5.06. The Bertz CT molecular complexity index is 852. The molecule has 0 bridgehead atoms. The summed E-state index contributed by atoms with van der Waals surface area (Å²) < 4.78 is 1.87. The van der Waals surface area contributed by atoms with Gasteiger partial charge in [0.05, 0.1) is 20.5 Å². The molecule has 2 heterocycles. The van der Waals surface area contributed by atoms with E-state index in [-0.39, 0.29) is 11.2 Å². The van der Waals surface area contributed by atoms with E-state index in [4.69, 9.17) is 23.2 Å². The smallest absolute Gasteiger partial charge is 0.238 e. The van der Waals surface area contributed by atoms with Gasteiger partial charge in [0.2, 0.25) is 5.91 Å². The molecule has 23 heavy (non-hydrogen) atoms. The van der Waals surface area contributed by atoms with Crippen LogP contribution in [0.4, 0.5) is 5.82 Å². The van der Waals surface area contributed by atoms with Gasteiger partial charge >= 0.3 is 0 Å². The normalized spacial score (nSPS) is 12.3. The molecule has 0 saturated carbocycles. The second kappa shape index (κ2) is 7.05. The highest BCUT2D eigenvalue weighted by molar-refractivity contribution is 8.02. The molecule has 0 saturated heterocycles. The first-order chi connectivity index (χ1) is 11.0. The number of rotatable bonds is 4. The van der Waals surface area contributed by atoms with Crippen molar-refractivity contribution < 1.29 is 4.79 Å². The summed E-state index contributed by atoms with van der Waals surface area (Å²) in [7, 11) is 0. The Morgan fingerprint density at radius 3 is 2.78 bits per heavy atom. The molecule has 1 aromatic carbocycles. The van der Waals surface area contributed by atoms with Crippen molar-refractivity contribution >= 4 is 68.2 Å². The van der Waals surface area contributed by atoms with E-state index in [1.807, 2.05) is 25.1 Å². The van der Waals surface area contributed by atoms with Crippen molar-refractivity contribution in [1.29, 1.82) is 0 Å². The largest absolute Gasteiger partial charge is 0.310 e. The van der Waals surface area contributed by atoms with Gasteiger partial charge in [-0.05, 0) is 37.3 Å². The van der Waals surface area contributed by atoms with E-state index in [9.17, 15) is 4.79 Å². The minimum Gasteiger partial charge on any atom is -0.310 e. The quantitative estimate of drug-likeness (QED) is 0.635. The number of carbonyl (C=O) groups is 1. The maximum absolute atomic E-state index is 12.2. The maximum atomic E-state index is 12.2. The van der Waals surface area contributed by atoms with Gasteiger partial charge in [-0.3, -0.25) is 4.79 Å². The van der Waals surface area contributed by atoms with Crippen LogP contribution >= 0.6 is 46.3 Å². The number of amides is 1. The van der Waals surface area contributed by atoms with Crippen molar-refractivity contribution in [2.75, 3.05) is 5.32 Å². The van der Waals surface area contributed by atoms with Gasteiger partial charge in [0.1, 0.15) is 5.82 Å². The van der Waals surface area contributed by atoms with Crippen LogP contribution in [0.2, 0.25) is 10.0 Å². The number of benzene rings is 1. The van der Waals surface area contributed by atoms with Crippen LogP contribution in [-0.4, -0.2) is 21.1 Å². The third-order valence-corrected chi connectivity index (χ3v) is 5.64. The summed E-state index contributed by atoms with van der Waals surface area (Å²) in [5.74, 6) is 0.338. The van der Waals surface area contributed by atoms with Gasteiger partial charge in [0.15, 0.2) is 4.34 Å². The number of aromatic nitrogens is 2. The highest BCUT2D eigenvalue weighted by Crippen LogP contribution is 2.33. The Labute approximate surface area is 151 Å². The molecule has 118 valence electrons. The van der Waals surface area contributed by atoms with Crippen LogP contribution in [-0.2, 0) is 4.79 Å². The fourth-order valence-electron chi connectivity index (χ4n) is 1.81. The monoisotopic (exact) mass is 383 g/mol. The second-order valence-corrected chi connectivity index (χ2v) is 8.19. The van der Waals surface area contributed by atoms with E-state index in [1.54, 1.807) is 23.5 Å². The van der Waals surface area contributed by atoms with Crippen LogP contribution in [0.1, 0.15) is 6.92 Å². The van der Waals surface area contributed by atoms with Gasteiger partial charge in [-0.2, -0.15) is 0 Å². The van der Waals surface area contributed by atoms with E-state index >= 15 is 0 Å². The van der Waals surface area contributed by atoms with E-state index in [1.165, 1.54) is 18.0 Å². The number of thioether (sulfide) groups is 1. The molecule has 0 radical (unpaired) electrons. The summed E-state index contributed by atoms with van der Waals surface area (Å²) in [6.45, 7) is 1.83. The average molecular weight is 384 g/mol. The van der Waals surface area contributed by atoms with E-state index in [2.05, 4.69) is 15.3 Å². The molecule has 1 atom stereocenters. The Morgan fingerprint density at radius 2 is 2.04 bits per heavy atom. The van der Waals surface area contributed by atoms with Crippen molar-refractivity contribution in [3.05, 3.63) is 46.6 Å². The van der Waals surface area contributed by atoms with E-state index < -0.39 is 0 Å². The maximum Gasteiger partial charge on any atom is 0.238 e. The third kappa shape index (κ3) is 4.14. The predicted octanol–water partition coefficient (Wildman–Crippen LogP) is 5.12. The average Bonchev–Trinajstić information content (AvgIpc) is 2.90. The van der Waals surface area contributed by atoms with Crippen LogP contribution in [0.3, 0.4) is 0 Å². The minimum atomic E-state index is -0.302.